The molecule has 0 atom stereocenters. The molecule has 0 unspecified atom stereocenters. The van der Waals surface area contributed by atoms with Gasteiger partial charge < -0.3 is 0 Å². The van der Waals surface area contributed by atoms with Crippen molar-refractivity contribution in [2.45, 2.75) is 39.5 Å². The van der Waals surface area contributed by atoms with Crippen LogP contribution in [0.15, 0.2) is 0 Å². The van der Waals surface area contributed by atoms with Crippen molar-refractivity contribution in [1.29, 1.82) is 0 Å². The lowest BCUT2D eigenvalue weighted by Crippen LogP contribution is -1.65. The van der Waals surface area contributed by atoms with Crippen LogP contribution >= 0.6 is 25.3 Å². The van der Waals surface area contributed by atoms with Gasteiger partial charge in [0, 0.05) is 0 Å². The Bertz CT molecular complexity index is 28.2. The molecule has 10 heavy (non-hydrogen) atoms. The fraction of sp³-hybridized carbons (Fsp3) is 1.00. The monoisotopic (exact) mass is 180 g/mol. The van der Waals surface area contributed by atoms with Crippen LogP contribution in [-0.2, 0) is 0 Å². The summed E-state index contributed by atoms with van der Waals surface area (Å²) in [6.07, 6.45) is 5.04. The fourth-order valence-electron chi connectivity index (χ4n) is 0.316. The molecule has 0 aromatic heterocycles. The summed E-state index contributed by atoms with van der Waals surface area (Å²) in [5.74, 6) is 2.08. The Morgan fingerprint density at radius 1 is 0.800 bits per heavy atom. The predicted octanol–water partition coefficient (Wildman–Crippen LogP) is 3.43. The van der Waals surface area contributed by atoms with Gasteiger partial charge in [0.25, 0.3) is 0 Å². The Kier molecular flexibility index (Phi) is 21.8. The second-order valence-electron chi connectivity index (χ2n) is 2.15. The summed E-state index contributed by atoms with van der Waals surface area (Å²) in [6, 6.07) is 0. The Morgan fingerprint density at radius 2 is 1.10 bits per heavy atom. The molecule has 0 fully saturated rings. The molecule has 0 amide bonds. The van der Waals surface area contributed by atoms with Crippen molar-refractivity contribution in [3.8, 4) is 0 Å². The molecule has 0 nitrogen and oxygen atoms in total. The minimum absolute atomic E-state index is 1.04. The van der Waals surface area contributed by atoms with Gasteiger partial charge in [-0.15, -0.1) is 0 Å². The summed E-state index contributed by atoms with van der Waals surface area (Å²) in [6.45, 7) is 4.33. The number of thiol groups is 2. The average Bonchev–Trinajstić information content (AvgIpc) is 1.93. The maximum Gasteiger partial charge on any atom is -0.00980 e. The van der Waals surface area contributed by atoms with E-state index in [1.807, 2.05) is 0 Å². The van der Waals surface area contributed by atoms with E-state index in [1.54, 1.807) is 0 Å². The van der Waals surface area contributed by atoms with Crippen molar-refractivity contribution in [2.24, 2.45) is 0 Å². The Morgan fingerprint density at radius 3 is 1.10 bits per heavy atom. The summed E-state index contributed by atoms with van der Waals surface area (Å²) in [5, 5.41) is 0. The smallest absolute Gasteiger partial charge is 0.00980 e. The zero-order valence-corrected chi connectivity index (χ0v) is 8.93. The molecule has 0 aromatic carbocycles. The Labute approximate surface area is 76.6 Å². The molecule has 0 N–H and O–H groups in total. The number of unbranched alkanes of at least 4 members (excludes halogenated alkanes) is 2. The first kappa shape index (κ1) is 13.3. The molecular weight excluding hydrogens is 160 g/mol. The maximum atomic E-state index is 4.00. The standard InChI is InChI=1S/2C4H10S/c2*1-2-3-4-5/h2*5H,2-4H2,1H3. The molecule has 0 rings (SSSR count). The molecule has 0 heterocycles. The Balaban J connectivity index is 0. The molecule has 0 aliphatic rings. The largest absolute Gasteiger partial charge is 0.179 e. The van der Waals surface area contributed by atoms with E-state index in [4.69, 9.17) is 0 Å². The van der Waals surface area contributed by atoms with E-state index in [0.29, 0.717) is 0 Å². The molecule has 0 aromatic rings. The lowest BCUT2D eigenvalue weighted by molar-refractivity contribution is 0.899. The summed E-state index contributed by atoms with van der Waals surface area (Å²) in [5.41, 5.74) is 0. The van der Waals surface area contributed by atoms with Crippen molar-refractivity contribution < 1.29 is 0 Å². The summed E-state index contributed by atoms with van der Waals surface area (Å²) < 4.78 is 0. The van der Waals surface area contributed by atoms with Crippen LogP contribution in [0.5, 0.6) is 0 Å². The highest BCUT2D eigenvalue weighted by molar-refractivity contribution is 7.80. The Hall–Kier alpha value is 0.700. The second-order valence-corrected chi connectivity index (χ2v) is 3.05. The third-order valence-corrected chi connectivity index (χ3v) is 1.66. The third kappa shape index (κ3) is 23.4. The van der Waals surface area contributed by atoms with Crippen LogP contribution in [0.2, 0.25) is 0 Å². The van der Waals surface area contributed by atoms with Gasteiger partial charge >= 0.3 is 0 Å². The van der Waals surface area contributed by atoms with Gasteiger partial charge in [-0.25, -0.2) is 0 Å². The molecule has 64 valence electrons. The topological polar surface area (TPSA) is 0 Å². The molecule has 0 aliphatic carbocycles. The van der Waals surface area contributed by atoms with Crippen LogP contribution in [0.25, 0.3) is 0 Å². The minimum Gasteiger partial charge on any atom is -0.179 e. The lowest BCUT2D eigenvalue weighted by atomic mass is 10.4. The number of hydrogen-bond acceptors (Lipinski definition) is 2. The molecule has 0 spiro atoms. The van der Waals surface area contributed by atoms with Crippen LogP contribution in [0.4, 0.5) is 0 Å². The van der Waals surface area contributed by atoms with Crippen molar-refractivity contribution in [3.63, 3.8) is 0 Å². The molecule has 2 heteroatoms. The molecule has 0 aliphatic heterocycles. The summed E-state index contributed by atoms with van der Waals surface area (Å²) >= 11 is 8.00. The first-order chi connectivity index (χ1) is 4.83. The van der Waals surface area contributed by atoms with E-state index >= 15 is 0 Å². The van der Waals surface area contributed by atoms with Crippen molar-refractivity contribution >= 4 is 25.3 Å². The van der Waals surface area contributed by atoms with Crippen LogP contribution in [-0.4, -0.2) is 11.5 Å². The fourth-order valence-corrected chi connectivity index (χ4v) is 0.949. The second kappa shape index (κ2) is 16.4. The highest BCUT2D eigenvalue weighted by Gasteiger charge is 1.69. The van der Waals surface area contributed by atoms with Crippen molar-refractivity contribution in [2.75, 3.05) is 11.5 Å². The van der Waals surface area contributed by atoms with E-state index < -0.39 is 0 Å². The highest BCUT2D eigenvalue weighted by Crippen LogP contribution is 1.86. The van der Waals surface area contributed by atoms with Crippen LogP contribution in [0.3, 0.4) is 0 Å². The summed E-state index contributed by atoms with van der Waals surface area (Å²) in [7, 11) is 0. The van der Waals surface area contributed by atoms with E-state index in [0.717, 1.165) is 11.5 Å². The van der Waals surface area contributed by atoms with Gasteiger partial charge in [-0.2, -0.15) is 25.3 Å². The van der Waals surface area contributed by atoms with Gasteiger partial charge in [-0.05, 0) is 24.3 Å². The molecule has 0 saturated carbocycles. The normalized spacial score (nSPS) is 8.40. The predicted molar refractivity (Wildman–Crippen MR) is 57.5 cm³/mol. The summed E-state index contributed by atoms with van der Waals surface area (Å²) in [4.78, 5) is 0. The molecule has 0 radical (unpaired) electrons. The first-order valence-corrected chi connectivity index (χ1v) is 5.31. The van der Waals surface area contributed by atoms with Crippen LogP contribution in [0.1, 0.15) is 39.5 Å². The van der Waals surface area contributed by atoms with Crippen LogP contribution in [0, 0.1) is 0 Å². The number of hydrogen-bond donors (Lipinski definition) is 2. The van der Waals surface area contributed by atoms with Gasteiger partial charge in [-0.1, -0.05) is 26.7 Å². The molecular formula is C8H20S2. The SMILES string of the molecule is CCCCS.CCCCS. The van der Waals surface area contributed by atoms with E-state index in [1.165, 1.54) is 25.7 Å². The van der Waals surface area contributed by atoms with E-state index in [9.17, 15) is 0 Å². The van der Waals surface area contributed by atoms with E-state index in [2.05, 4.69) is 39.1 Å². The van der Waals surface area contributed by atoms with Gasteiger partial charge in [0.05, 0.1) is 0 Å². The van der Waals surface area contributed by atoms with Gasteiger partial charge in [0.15, 0.2) is 0 Å². The molecule has 0 bridgehead atoms. The zero-order valence-electron chi connectivity index (χ0n) is 7.14. The minimum atomic E-state index is 1.04. The van der Waals surface area contributed by atoms with E-state index in [-0.39, 0.29) is 0 Å². The highest BCUT2D eigenvalue weighted by atomic mass is 32.1. The zero-order chi connectivity index (χ0) is 8.24. The average molecular weight is 180 g/mol. The number of rotatable bonds is 4. The first-order valence-electron chi connectivity index (χ1n) is 4.05. The third-order valence-electron chi connectivity index (χ3n) is 1.02. The molecule has 0 saturated heterocycles. The van der Waals surface area contributed by atoms with Crippen molar-refractivity contribution in [3.05, 3.63) is 0 Å². The van der Waals surface area contributed by atoms with Gasteiger partial charge in [0.2, 0.25) is 0 Å². The van der Waals surface area contributed by atoms with Crippen molar-refractivity contribution in [1.82, 2.24) is 0 Å². The van der Waals surface area contributed by atoms with Gasteiger partial charge in [0.1, 0.15) is 0 Å². The van der Waals surface area contributed by atoms with Crippen LogP contribution < -0.4 is 0 Å². The maximum absolute atomic E-state index is 4.00. The van der Waals surface area contributed by atoms with Gasteiger partial charge in [-0.3, -0.25) is 0 Å². The lowest BCUT2D eigenvalue weighted by Gasteiger charge is -1.78. The quantitative estimate of drug-likeness (QED) is 0.608.